The Labute approximate surface area is 90.4 Å². The smallest absolute Gasteiger partial charge is 0.313 e. The van der Waals surface area contributed by atoms with Crippen LogP contribution in [0.15, 0.2) is 0 Å². The number of hydrogen-bond acceptors (Lipinski definition) is 4. The number of aliphatic carboxylic acids is 2. The fourth-order valence-corrected chi connectivity index (χ4v) is 3.67. The van der Waals surface area contributed by atoms with E-state index in [4.69, 9.17) is 10.2 Å². The zero-order chi connectivity index (χ0) is 10.6. The van der Waals surface area contributed by atoms with E-state index in [0.717, 1.165) is 12.8 Å². The molecule has 1 saturated carbocycles. The van der Waals surface area contributed by atoms with Gasteiger partial charge in [-0.05, 0) is 12.8 Å². The van der Waals surface area contributed by atoms with Crippen LogP contribution in [0.1, 0.15) is 12.8 Å². The van der Waals surface area contributed by atoms with Crippen molar-refractivity contribution in [3.05, 3.63) is 0 Å². The molecule has 1 aliphatic carbocycles. The summed E-state index contributed by atoms with van der Waals surface area (Å²) in [6, 6.07) is 0. The van der Waals surface area contributed by atoms with Crippen LogP contribution in [0.5, 0.6) is 0 Å². The highest BCUT2D eigenvalue weighted by atomic mass is 32.2. The fraction of sp³-hybridized carbons (Fsp3) is 0.750. The maximum absolute atomic E-state index is 10.3. The lowest BCUT2D eigenvalue weighted by molar-refractivity contribution is -0.135. The van der Waals surface area contributed by atoms with Gasteiger partial charge in [0, 0.05) is 10.5 Å². The van der Waals surface area contributed by atoms with Crippen molar-refractivity contribution in [1.29, 1.82) is 0 Å². The first-order valence-electron chi connectivity index (χ1n) is 4.26. The number of carbonyl (C=O) groups is 2. The van der Waals surface area contributed by atoms with Gasteiger partial charge in [-0.1, -0.05) is 0 Å². The second-order valence-electron chi connectivity index (χ2n) is 3.06. The molecule has 2 unspecified atom stereocenters. The monoisotopic (exact) mass is 236 g/mol. The van der Waals surface area contributed by atoms with E-state index in [2.05, 4.69) is 0 Å². The van der Waals surface area contributed by atoms with Crippen molar-refractivity contribution < 1.29 is 19.8 Å². The molecule has 0 aromatic carbocycles. The number of carboxylic acids is 2. The van der Waals surface area contributed by atoms with Crippen molar-refractivity contribution in [2.45, 2.75) is 23.3 Å². The van der Waals surface area contributed by atoms with Gasteiger partial charge < -0.3 is 10.2 Å². The third kappa shape index (κ3) is 3.79. The van der Waals surface area contributed by atoms with Crippen LogP contribution in [0.25, 0.3) is 0 Å². The fourth-order valence-electron chi connectivity index (χ4n) is 1.18. The molecule has 80 valence electrons. The van der Waals surface area contributed by atoms with E-state index in [1.54, 1.807) is 0 Å². The van der Waals surface area contributed by atoms with Gasteiger partial charge in [0.2, 0.25) is 0 Å². The summed E-state index contributed by atoms with van der Waals surface area (Å²) in [5, 5.41) is 17.6. The first-order chi connectivity index (χ1) is 6.59. The molecule has 2 atom stereocenters. The second-order valence-corrected chi connectivity index (χ2v) is 5.52. The maximum atomic E-state index is 10.3. The second kappa shape index (κ2) is 5.50. The molecule has 0 amide bonds. The Balaban J connectivity index is 2.15. The summed E-state index contributed by atoms with van der Waals surface area (Å²) in [5.74, 6) is -1.36. The highest BCUT2D eigenvalue weighted by Gasteiger charge is 2.32. The molecule has 4 nitrogen and oxygen atoms in total. The van der Waals surface area contributed by atoms with Crippen LogP contribution in [0.4, 0.5) is 0 Å². The first kappa shape index (κ1) is 11.7. The largest absolute Gasteiger partial charge is 0.481 e. The lowest BCUT2D eigenvalue weighted by Gasteiger charge is -2.34. The van der Waals surface area contributed by atoms with Crippen LogP contribution in [-0.4, -0.2) is 44.2 Å². The molecule has 0 spiro atoms. The Hall–Kier alpha value is -0.360. The van der Waals surface area contributed by atoms with Gasteiger partial charge in [-0.25, -0.2) is 0 Å². The van der Waals surface area contributed by atoms with Gasteiger partial charge in [-0.3, -0.25) is 9.59 Å². The quantitative estimate of drug-likeness (QED) is 0.720. The Morgan fingerprint density at radius 2 is 1.36 bits per heavy atom. The molecular formula is C8H12O4S2. The van der Waals surface area contributed by atoms with Gasteiger partial charge in [0.1, 0.15) is 0 Å². The van der Waals surface area contributed by atoms with Gasteiger partial charge in [0.15, 0.2) is 0 Å². The molecule has 1 aliphatic rings. The number of rotatable bonds is 6. The SMILES string of the molecule is O=C(O)CSC1CCC1SCC(=O)O. The van der Waals surface area contributed by atoms with E-state index in [9.17, 15) is 9.59 Å². The summed E-state index contributed by atoms with van der Waals surface area (Å²) in [6.45, 7) is 0. The van der Waals surface area contributed by atoms with Crippen LogP contribution in [0.3, 0.4) is 0 Å². The summed E-state index contributed by atoms with van der Waals surface area (Å²) in [6.07, 6.45) is 2.02. The molecule has 2 N–H and O–H groups in total. The van der Waals surface area contributed by atoms with Crippen molar-refractivity contribution in [3.8, 4) is 0 Å². The van der Waals surface area contributed by atoms with Crippen molar-refractivity contribution in [2.24, 2.45) is 0 Å². The Bertz CT molecular complexity index is 207. The van der Waals surface area contributed by atoms with Gasteiger partial charge >= 0.3 is 11.9 Å². The zero-order valence-corrected chi connectivity index (χ0v) is 9.14. The molecule has 0 aromatic heterocycles. The average Bonchev–Trinajstić information content (AvgIpc) is 2.01. The molecule has 1 fully saturated rings. The average molecular weight is 236 g/mol. The molecule has 1 rings (SSSR count). The first-order valence-corrected chi connectivity index (χ1v) is 6.36. The standard InChI is InChI=1S/C8H12O4S2/c9-7(10)3-13-5-1-2-6(5)14-4-8(11)12/h5-6H,1-4H2,(H,9,10)(H,11,12). The Morgan fingerprint density at radius 3 is 1.57 bits per heavy atom. The van der Waals surface area contributed by atoms with Crippen LogP contribution >= 0.6 is 23.5 Å². The van der Waals surface area contributed by atoms with E-state index in [1.807, 2.05) is 0 Å². The summed E-state index contributed by atoms with van der Waals surface area (Å²) < 4.78 is 0. The highest BCUT2D eigenvalue weighted by molar-refractivity contribution is 8.04. The minimum absolute atomic E-state index is 0.120. The minimum atomic E-state index is -0.802. The van der Waals surface area contributed by atoms with Gasteiger partial charge in [-0.2, -0.15) is 0 Å². The van der Waals surface area contributed by atoms with Gasteiger partial charge in [0.05, 0.1) is 11.5 Å². The number of carboxylic acid groups (broad SMARTS) is 2. The van der Waals surface area contributed by atoms with Gasteiger partial charge in [-0.15, -0.1) is 23.5 Å². The van der Waals surface area contributed by atoms with E-state index in [1.165, 1.54) is 23.5 Å². The molecular weight excluding hydrogens is 224 g/mol. The predicted octanol–water partition coefficient (Wildman–Crippen LogP) is 1.15. The molecule has 0 radical (unpaired) electrons. The Kier molecular flexibility index (Phi) is 4.60. The molecule has 0 bridgehead atoms. The van der Waals surface area contributed by atoms with Gasteiger partial charge in [0.25, 0.3) is 0 Å². The zero-order valence-electron chi connectivity index (χ0n) is 7.51. The molecule has 0 heterocycles. The predicted molar refractivity (Wildman–Crippen MR) is 57.0 cm³/mol. The lowest BCUT2D eigenvalue weighted by Crippen LogP contribution is -2.33. The minimum Gasteiger partial charge on any atom is -0.481 e. The third-order valence-corrected chi connectivity index (χ3v) is 4.98. The van der Waals surface area contributed by atoms with Crippen LogP contribution in [0, 0.1) is 0 Å². The van der Waals surface area contributed by atoms with E-state index >= 15 is 0 Å². The molecule has 6 heteroatoms. The van der Waals surface area contributed by atoms with Crippen LogP contribution in [0.2, 0.25) is 0 Å². The Morgan fingerprint density at radius 1 is 1.00 bits per heavy atom. The van der Waals surface area contributed by atoms with Crippen molar-refractivity contribution in [1.82, 2.24) is 0 Å². The van der Waals surface area contributed by atoms with Crippen LogP contribution < -0.4 is 0 Å². The van der Waals surface area contributed by atoms with E-state index < -0.39 is 11.9 Å². The third-order valence-electron chi connectivity index (χ3n) is 1.99. The highest BCUT2D eigenvalue weighted by Crippen LogP contribution is 2.39. The molecule has 0 aliphatic heterocycles. The van der Waals surface area contributed by atoms with Crippen molar-refractivity contribution >= 4 is 35.5 Å². The summed E-state index contributed by atoms with van der Waals surface area (Å²) in [5.41, 5.74) is 0. The topological polar surface area (TPSA) is 74.6 Å². The molecule has 0 saturated heterocycles. The summed E-state index contributed by atoms with van der Waals surface area (Å²) in [4.78, 5) is 20.6. The lowest BCUT2D eigenvalue weighted by atomic mass is 9.99. The van der Waals surface area contributed by atoms with E-state index in [-0.39, 0.29) is 11.5 Å². The van der Waals surface area contributed by atoms with E-state index in [0.29, 0.717) is 10.5 Å². The number of hydrogen-bond donors (Lipinski definition) is 2. The van der Waals surface area contributed by atoms with Crippen LogP contribution in [-0.2, 0) is 9.59 Å². The molecule has 14 heavy (non-hydrogen) atoms. The summed E-state index contributed by atoms with van der Waals surface area (Å²) in [7, 11) is 0. The number of thioether (sulfide) groups is 2. The van der Waals surface area contributed by atoms with Crippen molar-refractivity contribution in [2.75, 3.05) is 11.5 Å². The molecule has 0 aromatic rings. The van der Waals surface area contributed by atoms with Crippen molar-refractivity contribution in [3.63, 3.8) is 0 Å². The summed E-state index contributed by atoms with van der Waals surface area (Å²) >= 11 is 2.84. The maximum Gasteiger partial charge on any atom is 0.313 e. The normalized spacial score (nSPS) is 25.4.